The molecule has 30 heavy (non-hydrogen) atoms. The second-order valence-electron chi connectivity index (χ2n) is 11.0. The lowest BCUT2D eigenvalue weighted by molar-refractivity contribution is -0.117. The van der Waals surface area contributed by atoms with E-state index in [-0.39, 0.29) is 22.9 Å². The van der Waals surface area contributed by atoms with Gasteiger partial charge < -0.3 is 10.2 Å². The third-order valence-corrected chi connectivity index (χ3v) is 7.34. The van der Waals surface area contributed by atoms with Crippen molar-refractivity contribution in [3.8, 4) is 6.07 Å². The van der Waals surface area contributed by atoms with Crippen LogP contribution in [0.2, 0.25) is 0 Å². The first-order valence-corrected chi connectivity index (χ1v) is 11.5. The predicted octanol–water partition coefficient (Wildman–Crippen LogP) is 5.05. The number of benzene rings is 1. The predicted molar refractivity (Wildman–Crippen MR) is 120 cm³/mol. The number of rotatable bonds is 4. The Hall–Kier alpha value is -2.28. The molecule has 2 fully saturated rings. The zero-order valence-corrected chi connectivity index (χ0v) is 18.9. The summed E-state index contributed by atoms with van der Waals surface area (Å²) in [6, 6.07) is 9.03. The third kappa shape index (κ3) is 4.26. The first-order valence-electron chi connectivity index (χ1n) is 11.5. The minimum Gasteiger partial charge on any atom is -0.373 e. The molecular weight excluding hydrogens is 370 g/mol. The number of aryl methyl sites for hydroxylation is 2. The normalized spacial score (nSPS) is 28.4. The van der Waals surface area contributed by atoms with Crippen LogP contribution in [0.4, 0.5) is 0 Å². The van der Waals surface area contributed by atoms with E-state index in [4.69, 9.17) is 0 Å². The fraction of sp³-hybridized carbons (Fsp3) is 0.615. The summed E-state index contributed by atoms with van der Waals surface area (Å²) >= 11 is 0. The van der Waals surface area contributed by atoms with Gasteiger partial charge in [-0.15, -0.1) is 0 Å². The Bertz CT molecular complexity index is 909. The van der Waals surface area contributed by atoms with Crippen molar-refractivity contribution in [2.45, 2.75) is 84.7 Å². The van der Waals surface area contributed by atoms with Crippen LogP contribution in [0.3, 0.4) is 0 Å². The molecule has 3 unspecified atom stereocenters. The molecule has 2 aliphatic carbocycles. The number of likely N-dealkylation sites (tertiary alicyclic amines) is 1. The summed E-state index contributed by atoms with van der Waals surface area (Å²) in [5, 5.41) is 12.8. The Labute approximate surface area is 181 Å². The van der Waals surface area contributed by atoms with Gasteiger partial charge in [-0.2, -0.15) is 5.26 Å². The van der Waals surface area contributed by atoms with Crippen LogP contribution >= 0.6 is 0 Å². The maximum atomic E-state index is 12.9. The number of carbonyl (C=O) groups is 1. The van der Waals surface area contributed by atoms with Crippen LogP contribution in [0.1, 0.15) is 82.5 Å². The molecule has 1 amide bonds. The van der Waals surface area contributed by atoms with E-state index in [1.807, 2.05) is 13.1 Å². The average molecular weight is 406 g/mol. The van der Waals surface area contributed by atoms with E-state index in [2.05, 4.69) is 55.3 Å². The largest absolute Gasteiger partial charge is 0.373 e. The van der Waals surface area contributed by atoms with Crippen LogP contribution in [0, 0.1) is 22.2 Å². The summed E-state index contributed by atoms with van der Waals surface area (Å²) in [7, 11) is 0. The fourth-order valence-corrected chi connectivity index (χ4v) is 6.34. The minimum atomic E-state index is -0.270. The number of carbonyl (C=O) groups excluding carboxylic acids is 1. The Morgan fingerprint density at radius 1 is 1.23 bits per heavy atom. The second-order valence-corrected chi connectivity index (χ2v) is 11.0. The van der Waals surface area contributed by atoms with Gasteiger partial charge in [0.05, 0.1) is 6.04 Å². The topological polar surface area (TPSA) is 56.1 Å². The first kappa shape index (κ1) is 21.0. The quantitative estimate of drug-likeness (QED) is 0.563. The Balaban J connectivity index is 1.46. The molecule has 1 saturated heterocycles. The van der Waals surface area contributed by atoms with Gasteiger partial charge in [0.25, 0.3) is 5.91 Å². The number of fused-ring (bicyclic) bond motifs is 3. The van der Waals surface area contributed by atoms with Gasteiger partial charge in [0, 0.05) is 18.8 Å². The summed E-state index contributed by atoms with van der Waals surface area (Å²) in [5.74, 6) is -0.270. The van der Waals surface area contributed by atoms with Crippen molar-refractivity contribution in [1.29, 1.82) is 5.26 Å². The van der Waals surface area contributed by atoms with E-state index in [0.29, 0.717) is 11.5 Å². The highest BCUT2D eigenvalue weighted by atomic mass is 16.1. The van der Waals surface area contributed by atoms with Gasteiger partial charge in [-0.05, 0) is 79.4 Å². The maximum absolute atomic E-state index is 12.9. The molecule has 1 aliphatic heterocycles. The van der Waals surface area contributed by atoms with Crippen LogP contribution in [0.5, 0.6) is 0 Å². The Morgan fingerprint density at radius 3 is 2.70 bits per heavy atom. The van der Waals surface area contributed by atoms with Gasteiger partial charge in [0.1, 0.15) is 11.6 Å². The molecule has 1 saturated carbocycles. The first-order chi connectivity index (χ1) is 14.2. The molecule has 2 bridgehead atoms. The zero-order valence-electron chi connectivity index (χ0n) is 18.9. The monoisotopic (exact) mass is 405 g/mol. The van der Waals surface area contributed by atoms with E-state index in [1.54, 1.807) is 0 Å². The van der Waals surface area contributed by atoms with Gasteiger partial charge in [-0.1, -0.05) is 39.0 Å². The number of nitriles is 1. The van der Waals surface area contributed by atoms with Gasteiger partial charge in [-0.25, -0.2) is 0 Å². The van der Waals surface area contributed by atoms with Gasteiger partial charge in [0.15, 0.2) is 0 Å². The molecule has 4 rings (SSSR count). The van der Waals surface area contributed by atoms with Gasteiger partial charge in [-0.3, -0.25) is 4.79 Å². The van der Waals surface area contributed by atoms with Crippen LogP contribution in [0.25, 0.3) is 0 Å². The van der Waals surface area contributed by atoms with Crippen molar-refractivity contribution < 1.29 is 4.79 Å². The summed E-state index contributed by atoms with van der Waals surface area (Å²) < 4.78 is 0. The molecule has 3 atom stereocenters. The lowest BCUT2D eigenvalue weighted by atomic mass is 9.65. The Morgan fingerprint density at radius 2 is 1.97 bits per heavy atom. The average Bonchev–Trinajstić information content (AvgIpc) is 2.93. The molecule has 4 nitrogen and oxygen atoms in total. The molecule has 1 aromatic carbocycles. The van der Waals surface area contributed by atoms with Crippen molar-refractivity contribution in [3.05, 3.63) is 46.7 Å². The molecule has 0 spiro atoms. The molecule has 1 heterocycles. The molecular formula is C26H35N3O. The number of nitrogens with zero attached hydrogens (tertiary/aromatic N) is 2. The van der Waals surface area contributed by atoms with Crippen LogP contribution in [-0.4, -0.2) is 23.4 Å². The SMILES string of the molecule is CC(NC(=O)/C(C#N)=C\N1CC2(C)CC1CC(C)(C)C2)c1ccc2c(c1)CCCC2. The van der Waals surface area contributed by atoms with Gasteiger partial charge in [0.2, 0.25) is 0 Å². The molecule has 3 aliphatic rings. The lowest BCUT2D eigenvalue weighted by Crippen LogP contribution is -2.34. The van der Waals surface area contributed by atoms with Crippen molar-refractivity contribution in [1.82, 2.24) is 10.2 Å². The number of hydrogen-bond acceptors (Lipinski definition) is 3. The summed E-state index contributed by atoms with van der Waals surface area (Å²) in [6.45, 7) is 9.95. The number of hydrogen-bond donors (Lipinski definition) is 1. The molecule has 160 valence electrons. The number of amides is 1. The smallest absolute Gasteiger partial charge is 0.263 e. The molecule has 0 radical (unpaired) electrons. The fourth-order valence-electron chi connectivity index (χ4n) is 6.34. The molecule has 1 aromatic rings. The van der Waals surface area contributed by atoms with Crippen molar-refractivity contribution >= 4 is 5.91 Å². The highest BCUT2D eigenvalue weighted by Gasteiger charge is 2.48. The van der Waals surface area contributed by atoms with E-state index < -0.39 is 0 Å². The van der Waals surface area contributed by atoms with Crippen molar-refractivity contribution in [2.75, 3.05) is 6.54 Å². The van der Waals surface area contributed by atoms with Crippen molar-refractivity contribution in [2.24, 2.45) is 10.8 Å². The second kappa shape index (κ2) is 7.76. The minimum absolute atomic E-state index is 0.115. The summed E-state index contributed by atoms with van der Waals surface area (Å²) in [5.41, 5.74) is 4.78. The lowest BCUT2D eigenvalue weighted by Gasteiger charge is -2.39. The standard InChI is InChI=1S/C26H35N3O/c1-18(20-10-9-19-7-5-6-8-21(19)11-20)28-24(30)22(14-27)15-29-17-26(4)13-23(29)12-25(2,3)16-26/h9-11,15,18,23H,5-8,12-13,16-17H2,1-4H3,(H,28,30)/b22-15-. The highest BCUT2D eigenvalue weighted by Crippen LogP contribution is 2.52. The van der Waals surface area contributed by atoms with Crippen LogP contribution in [-0.2, 0) is 17.6 Å². The molecule has 1 N–H and O–H groups in total. The van der Waals surface area contributed by atoms with Gasteiger partial charge >= 0.3 is 0 Å². The van der Waals surface area contributed by atoms with Crippen LogP contribution < -0.4 is 5.32 Å². The molecule has 0 aromatic heterocycles. The van der Waals surface area contributed by atoms with E-state index in [0.717, 1.165) is 37.8 Å². The van der Waals surface area contributed by atoms with E-state index in [9.17, 15) is 10.1 Å². The Kier molecular flexibility index (Phi) is 5.43. The maximum Gasteiger partial charge on any atom is 0.263 e. The third-order valence-electron chi connectivity index (χ3n) is 7.34. The highest BCUT2D eigenvalue weighted by molar-refractivity contribution is 5.97. The van der Waals surface area contributed by atoms with Crippen LogP contribution in [0.15, 0.2) is 30.0 Å². The summed E-state index contributed by atoms with van der Waals surface area (Å²) in [4.78, 5) is 15.2. The molecule has 4 heteroatoms. The van der Waals surface area contributed by atoms with E-state index >= 15 is 0 Å². The number of nitrogens with one attached hydrogen (secondary N) is 1. The zero-order chi connectivity index (χ0) is 21.5. The van der Waals surface area contributed by atoms with E-state index in [1.165, 1.54) is 30.4 Å². The summed E-state index contributed by atoms with van der Waals surface area (Å²) in [6.07, 6.45) is 10.1. The van der Waals surface area contributed by atoms with Crippen molar-refractivity contribution in [3.63, 3.8) is 0 Å².